The van der Waals surface area contributed by atoms with Gasteiger partial charge >= 0.3 is 6.01 Å². The number of hydrogen-bond donors (Lipinski definition) is 1. The molecule has 8 heteroatoms. The highest BCUT2D eigenvalue weighted by Gasteiger charge is 2.17. The fraction of sp³-hybridized carbons (Fsp3) is 0.211. The van der Waals surface area contributed by atoms with Crippen molar-refractivity contribution in [1.82, 2.24) is 10.2 Å². The van der Waals surface area contributed by atoms with Crippen molar-refractivity contribution in [3.8, 4) is 11.5 Å². The first-order valence-corrected chi connectivity index (χ1v) is 9.60. The maximum absolute atomic E-state index is 12.4. The number of nitrogens with one attached hydrogen (secondary N) is 1. The fourth-order valence-electron chi connectivity index (χ4n) is 2.65. The number of ether oxygens (including phenoxy) is 2. The van der Waals surface area contributed by atoms with Crippen LogP contribution >= 0.6 is 11.8 Å². The summed E-state index contributed by atoms with van der Waals surface area (Å²) in [7, 11) is 0. The average molecular weight is 383 g/mol. The standard InChI is InChI=1S/C19H17N3O4S/c1-27-14-5-2-12(3-6-14)10-17-21-22-19(26-17)20-18(23)13-4-7-15-16(11-13)25-9-8-24-15/h2-7,11H,8-10H2,1H3,(H,20,22,23). The van der Waals surface area contributed by atoms with Crippen molar-refractivity contribution < 1.29 is 18.7 Å². The molecule has 1 amide bonds. The summed E-state index contributed by atoms with van der Waals surface area (Å²) in [5, 5.41) is 10.5. The zero-order chi connectivity index (χ0) is 18.6. The van der Waals surface area contributed by atoms with E-state index in [2.05, 4.69) is 15.5 Å². The van der Waals surface area contributed by atoms with E-state index >= 15 is 0 Å². The van der Waals surface area contributed by atoms with Crippen molar-refractivity contribution in [2.75, 3.05) is 24.8 Å². The lowest BCUT2D eigenvalue weighted by Gasteiger charge is -2.18. The van der Waals surface area contributed by atoms with E-state index in [1.807, 2.05) is 30.5 Å². The normalized spacial score (nSPS) is 12.6. The first-order chi connectivity index (χ1) is 13.2. The van der Waals surface area contributed by atoms with Crippen LogP contribution in [0.25, 0.3) is 0 Å². The van der Waals surface area contributed by atoms with Crippen LogP contribution in [0.5, 0.6) is 11.5 Å². The second kappa shape index (κ2) is 7.71. The lowest BCUT2D eigenvalue weighted by atomic mass is 10.1. The van der Waals surface area contributed by atoms with Crippen molar-refractivity contribution in [2.45, 2.75) is 11.3 Å². The Morgan fingerprint density at radius 2 is 1.85 bits per heavy atom. The van der Waals surface area contributed by atoms with Gasteiger partial charge in [-0.3, -0.25) is 10.1 Å². The summed E-state index contributed by atoms with van der Waals surface area (Å²) >= 11 is 1.69. The van der Waals surface area contributed by atoms with Gasteiger partial charge in [0, 0.05) is 10.5 Å². The molecular formula is C19H17N3O4S. The van der Waals surface area contributed by atoms with E-state index < -0.39 is 0 Å². The highest BCUT2D eigenvalue weighted by atomic mass is 32.2. The number of benzene rings is 2. The van der Waals surface area contributed by atoms with Crippen molar-refractivity contribution in [2.24, 2.45) is 0 Å². The highest BCUT2D eigenvalue weighted by Crippen LogP contribution is 2.31. The van der Waals surface area contributed by atoms with E-state index in [-0.39, 0.29) is 11.9 Å². The number of carbonyl (C=O) groups is 1. The first-order valence-electron chi connectivity index (χ1n) is 8.37. The third-order valence-corrected chi connectivity index (χ3v) is 4.75. The molecule has 1 N–H and O–H groups in total. The van der Waals surface area contributed by atoms with Gasteiger partial charge in [-0.1, -0.05) is 17.2 Å². The zero-order valence-corrected chi connectivity index (χ0v) is 15.4. The van der Waals surface area contributed by atoms with Crippen LogP contribution in [0, 0.1) is 0 Å². The smallest absolute Gasteiger partial charge is 0.322 e. The van der Waals surface area contributed by atoms with Crippen LogP contribution in [0.15, 0.2) is 51.8 Å². The van der Waals surface area contributed by atoms with Crippen molar-refractivity contribution in [3.63, 3.8) is 0 Å². The Kier molecular flexibility index (Phi) is 4.97. The Morgan fingerprint density at radius 1 is 1.07 bits per heavy atom. The van der Waals surface area contributed by atoms with E-state index in [1.165, 1.54) is 4.90 Å². The first kappa shape index (κ1) is 17.4. The van der Waals surface area contributed by atoms with Crippen LogP contribution in [0.4, 0.5) is 6.01 Å². The third-order valence-electron chi connectivity index (χ3n) is 4.01. The summed E-state index contributed by atoms with van der Waals surface area (Å²) in [6.45, 7) is 0.965. The quantitative estimate of drug-likeness (QED) is 0.676. The third kappa shape index (κ3) is 4.06. The van der Waals surface area contributed by atoms with E-state index in [4.69, 9.17) is 13.9 Å². The molecule has 0 aliphatic carbocycles. The Hall–Kier alpha value is -3.00. The second-order valence-electron chi connectivity index (χ2n) is 5.84. The molecule has 27 heavy (non-hydrogen) atoms. The number of hydrogen-bond acceptors (Lipinski definition) is 7. The summed E-state index contributed by atoms with van der Waals surface area (Å²) in [6, 6.07) is 13.2. The van der Waals surface area contributed by atoms with Crippen LogP contribution in [0.2, 0.25) is 0 Å². The van der Waals surface area contributed by atoms with Crippen LogP contribution in [-0.2, 0) is 6.42 Å². The van der Waals surface area contributed by atoms with Gasteiger partial charge in [0.05, 0.1) is 6.42 Å². The minimum Gasteiger partial charge on any atom is -0.486 e. The Labute approximate surface area is 160 Å². The number of fused-ring (bicyclic) bond motifs is 1. The summed E-state index contributed by atoms with van der Waals surface area (Å²) in [6.07, 6.45) is 2.53. The minimum atomic E-state index is -0.355. The fourth-order valence-corrected chi connectivity index (χ4v) is 3.06. The molecule has 0 saturated carbocycles. The van der Waals surface area contributed by atoms with Crippen molar-refractivity contribution >= 4 is 23.7 Å². The van der Waals surface area contributed by atoms with Crippen LogP contribution < -0.4 is 14.8 Å². The lowest BCUT2D eigenvalue weighted by molar-refractivity contribution is 0.102. The van der Waals surface area contributed by atoms with Gasteiger partial charge in [-0.25, -0.2) is 0 Å². The maximum atomic E-state index is 12.4. The van der Waals surface area contributed by atoms with E-state index in [0.29, 0.717) is 42.6 Å². The molecule has 3 aromatic rings. The Balaban J connectivity index is 1.41. The molecule has 2 heterocycles. The topological polar surface area (TPSA) is 86.5 Å². The summed E-state index contributed by atoms with van der Waals surface area (Å²) in [4.78, 5) is 13.6. The molecule has 0 fully saturated rings. The van der Waals surface area contributed by atoms with Crippen LogP contribution in [-0.4, -0.2) is 35.6 Å². The van der Waals surface area contributed by atoms with Gasteiger partial charge in [0.25, 0.3) is 5.91 Å². The lowest BCUT2D eigenvalue weighted by Crippen LogP contribution is -2.17. The number of thioether (sulfide) groups is 1. The molecule has 138 valence electrons. The van der Waals surface area contributed by atoms with Crippen LogP contribution in [0.3, 0.4) is 0 Å². The molecule has 0 atom stereocenters. The van der Waals surface area contributed by atoms with Crippen molar-refractivity contribution in [3.05, 3.63) is 59.5 Å². The zero-order valence-electron chi connectivity index (χ0n) is 14.6. The van der Waals surface area contributed by atoms with Gasteiger partial charge in [-0.2, -0.15) is 0 Å². The summed E-state index contributed by atoms with van der Waals surface area (Å²) < 4.78 is 16.5. The molecule has 0 bridgehead atoms. The molecule has 7 nitrogen and oxygen atoms in total. The Morgan fingerprint density at radius 3 is 2.63 bits per heavy atom. The number of carbonyl (C=O) groups excluding carboxylic acids is 1. The highest BCUT2D eigenvalue weighted by molar-refractivity contribution is 7.98. The molecule has 0 saturated heterocycles. The van der Waals surface area contributed by atoms with E-state index in [1.54, 1.807) is 30.0 Å². The number of amides is 1. The average Bonchev–Trinajstić information content (AvgIpc) is 3.15. The predicted octanol–water partition coefficient (Wildman–Crippen LogP) is 3.41. The monoisotopic (exact) mass is 383 g/mol. The van der Waals surface area contributed by atoms with Crippen molar-refractivity contribution in [1.29, 1.82) is 0 Å². The SMILES string of the molecule is CSc1ccc(Cc2nnc(NC(=O)c3ccc4c(c3)OCCO4)o2)cc1. The molecule has 0 radical (unpaired) electrons. The van der Waals surface area contributed by atoms with Gasteiger partial charge in [0.15, 0.2) is 11.5 Å². The number of aromatic nitrogens is 2. The number of nitrogens with zero attached hydrogens (tertiary/aromatic N) is 2. The minimum absolute atomic E-state index is 0.0608. The van der Waals surface area contributed by atoms with Gasteiger partial charge in [-0.05, 0) is 42.2 Å². The molecule has 0 unspecified atom stereocenters. The maximum Gasteiger partial charge on any atom is 0.322 e. The molecule has 1 aliphatic rings. The van der Waals surface area contributed by atoms with E-state index in [9.17, 15) is 4.79 Å². The summed E-state index contributed by atoms with van der Waals surface area (Å²) in [5.74, 6) is 1.26. The molecule has 1 aliphatic heterocycles. The second-order valence-corrected chi connectivity index (χ2v) is 6.72. The number of rotatable bonds is 5. The predicted molar refractivity (Wildman–Crippen MR) is 101 cm³/mol. The largest absolute Gasteiger partial charge is 0.486 e. The molecular weight excluding hydrogens is 366 g/mol. The molecule has 1 aromatic heterocycles. The van der Waals surface area contributed by atoms with Crippen LogP contribution in [0.1, 0.15) is 21.8 Å². The van der Waals surface area contributed by atoms with Gasteiger partial charge < -0.3 is 13.9 Å². The van der Waals surface area contributed by atoms with Gasteiger partial charge in [-0.15, -0.1) is 16.9 Å². The van der Waals surface area contributed by atoms with Gasteiger partial charge in [0.2, 0.25) is 5.89 Å². The van der Waals surface area contributed by atoms with E-state index in [0.717, 1.165) is 5.56 Å². The molecule has 0 spiro atoms. The molecule has 2 aromatic carbocycles. The number of anilines is 1. The van der Waals surface area contributed by atoms with Gasteiger partial charge in [0.1, 0.15) is 13.2 Å². The molecule has 4 rings (SSSR count). The Bertz CT molecular complexity index is 956. The summed E-state index contributed by atoms with van der Waals surface area (Å²) in [5.41, 5.74) is 1.48.